The van der Waals surface area contributed by atoms with E-state index in [1.165, 1.54) is 0 Å². The molecular weight excluding hydrogens is 316 g/mol. The van der Waals surface area contributed by atoms with E-state index in [9.17, 15) is 0 Å². The van der Waals surface area contributed by atoms with Crippen molar-refractivity contribution in [2.45, 2.75) is 33.4 Å². The fourth-order valence-electron chi connectivity index (χ4n) is 3.06. The lowest BCUT2D eigenvalue weighted by Gasteiger charge is -2.26. The molecule has 0 bridgehead atoms. The number of ether oxygens (including phenoxy) is 2. The molecule has 0 atom stereocenters. The first-order chi connectivity index (χ1) is 12.0. The molecule has 25 heavy (non-hydrogen) atoms. The molecular formula is C19H28N4O2. The molecule has 2 aromatic rings. The monoisotopic (exact) mass is 344 g/mol. The van der Waals surface area contributed by atoms with Crippen molar-refractivity contribution in [2.75, 3.05) is 38.6 Å². The zero-order chi connectivity index (χ0) is 17.8. The number of rotatable bonds is 6. The van der Waals surface area contributed by atoms with E-state index in [1.807, 2.05) is 36.9 Å². The van der Waals surface area contributed by atoms with Gasteiger partial charge in [-0.3, -0.25) is 9.58 Å². The van der Waals surface area contributed by atoms with Crippen molar-refractivity contribution in [1.29, 1.82) is 0 Å². The van der Waals surface area contributed by atoms with E-state index in [0.717, 1.165) is 61.8 Å². The number of nitrogens with zero attached hydrogens (tertiary/aromatic N) is 3. The summed E-state index contributed by atoms with van der Waals surface area (Å²) < 4.78 is 13.2. The van der Waals surface area contributed by atoms with Crippen LogP contribution in [0.15, 0.2) is 24.5 Å². The smallest absolute Gasteiger partial charge is 0.142 e. The molecule has 0 saturated carbocycles. The third-order valence-corrected chi connectivity index (χ3v) is 4.41. The van der Waals surface area contributed by atoms with E-state index in [0.29, 0.717) is 5.69 Å². The van der Waals surface area contributed by atoms with Crippen LogP contribution in [0.25, 0.3) is 11.1 Å². The fourth-order valence-corrected chi connectivity index (χ4v) is 3.06. The Morgan fingerprint density at radius 1 is 1.24 bits per heavy atom. The van der Waals surface area contributed by atoms with E-state index < -0.39 is 0 Å². The first-order valence-electron chi connectivity index (χ1n) is 8.92. The molecule has 0 amide bonds. The number of aromatic nitrogens is 2. The first kappa shape index (κ1) is 17.8. The Hall–Kier alpha value is -2.05. The Morgan fingerprint density at radius 2 is 2.00 bits per heavy atom. The van der Waals surface area contributed by atoms with Crippen molar-refractivity contribution in [3.8, 4) is 16.9 Å². The summed E-state index contributed by atoms with van der Waals surface area (Å²) in [6.07, 6.45) is 4.10. The van der Waals surface area contributed by atoms with Gasteiger partial charge in [0.15, 0.2) is 0 Å². The van der Waals surface area contributed by atoms with E-state index >= 15 is 0 Å². The zero-order valence-electron chi connectivity index (χ0n) is 15.4. The Bertz CT molecular complexity index is 705. The maximum Gasteiger partial charge on any atom is 0.142 e. The number of aryl methyl sites for hydroxylation is 1. The Morgan fingerprint density at radius 3 is 2.72 bits per heavy atom. The minimum Gasteiger partial charge on any atom is -0.489 e. The van der Waals surface area contributed by atoms with Crippen LogP contribution in [0.5, 0.6) is 5.75 Å². The lowest BCUT2D eigenvalue weighted by Crippen LogP contribution is -2.38. The predicted molar refractivity (Wildman–Crippen MR) is 99.8 cm³/mol. The van der Waals surface area contributed by atoms with Crippen LogP contribution >= 0.6 is 0 Å². The lowest BCUT2D eigenvalue weighted by molar-refractivity contribution is 0.0360. The Kier molecular flexibility index (Phi) is 5.60. The highest BCUT2D eigenvalue weighted by molar-refractivity contribution is 5.73. The second-order valence-corrected chi connectivity index (χ2v) is 6.82. The molecule has 1 aromatic carbocycles. The van der Waals surface area contributed by atoms with Crippen molar-refractivity contribution in [1.82, 2.24) is 14.7 Å². The van der Waals surface area contributed by atoms with Crippen LogP contribution in [0.1, 0.15) is 19.4 Å². The number of hydrogen-bond donors (Lipinski definition) is 1. The molecule has 0 aliphatic carbocycles. The summed E-state index contributed by atoms with van der Waals surface area (Å²) in [5.41, 5.74) is 10.2. The molecule has 2 heterocycles. The van der Waals surface area contributed by atoms with Gasteiger partial charge in [0.05, 0.1) is 37.7 Å². The van der Waals surface area contributed by atoms with Crippen molar-refractivity contribution in [3.05, 3.63) is 30.1 Å². The van der Waals surface area contributed by atoms with Gasteiger partial charge >= 0.3 is 0 Å². The Balaban J connectivity index is 1.70. The minimum absolute atomic E-state index is 0.107. The Labute approximate surface area is 149 Å². The molecule has 3 rings (SSSR count). The summed E-state index contributed by atoms with van der Waals surface area (Å²) in [5, 5.41) is 4.51. The standard InChI is InChI=1S/C19H28N4O2/c1-14(2)25-19-10-15(3)17(11-18(19)20)16-12-21-23(13-16)5-4-22-6-8-24-9-7-22/h10-14H,4-9,20H2,1-3H3. The van der Waals surface area contributed by atoms with Gasteiger partial charge in [-0.05, 0) is 44.0 Å². The van der Waals surface area contributed by atoms with E-state index in [1.54, 1.807) is 0 Å². The molecule has 1 aliphatic heterocycles. The summed E-state index contributed by atoms with van der Waals surface area (Å²) in [6.45, 7) is 11.6. The van der Waals surface area contributed by atoms with Crippen LogP contribution in [-0.4, -0.2) is 53.6 Å². The molecule has 0 spiro atoms. The second kappa shape index (κ2) is 7.89. The summed E-state index contributed by atoms with van der Waals surface area (Å²) >= 11 is 0. The third kappa shape index (κ3) is 4.52. The molecule has 0 unspecified atom stereocenters. The third-order valence-electron chi connectivity index (χ3n) is 4.41. The number of hydrogen-bond acceptors (Lipinski definition) is 5. The van der Waals surface area contributed by atoms with Gasteiger partial charge in [-0.2, -0.15) is 5.10 Å². The van der Waals surface area contributed by atoms with Crippen molar-refractivity contribution >= 4 is 5.69 Å². The molecule has 1 fully saturated rings. The highest BCUT2D eigenvalue weighted by Crippen LogP contribution is 2.32. The quantitative estimate of drug-likeness (QED) is 0.816. The van der Waals surface area contributed by atoms with Gasteiger partial charge < -0.3 is 15.2 Å². The zero-order valence-corrected chi connectivity index (χ0v) is 15.4. The van der Waals surface area contributed by atoms with Crippen LogP contribution in [0.4, 0.5) is 5.69 Å². The fraction of sp³-hybridized carbons (Fsp3) is 0.526. The summed E-state index contributed by atoms with van der Waals surface area (Å²) in [5.74, 6) is 0.746. The number of nitrogens with two attached hydrogens (primary N) is 1. The van der Waals surface area contributed by atoms with Crippen LogP contribution in [0.3, 0.4) is 0 Å². The number of morpholine rings is 1. The van der Waals surface area contributed by atoms with Gasteiger partial charge in [0.25, 0.3) is 0 Å². The first-order valence-corrected chi connectivity index (χ1v) is 8.92. The number of benzene rings is 1. The van der Waals surface area contributed by atoms with Crippen molar-refractivity contribution in [2.24, 2.45) is 0 Å². The van der Waals surface area contributed by atoms with Crippen LogP contribution in [-0.2, 0) is 11.3 Å². The summed E-state index contributed by atoms with van der Waals surface area (Å²) in [7, 11) is 0. The molecule has 1 saturated heterocycles. The SMILES string of the molecule is Cc1cc(OC(C)C)c(N)cc1-c1cnn(CCN2CCOCC2)c1. The minimum atomic E-state index is 0.107. The maximum atomic E-state index is 6.17. The molecule has 136 valence electrons. The molecule has 0 radical (unpaired) electrons. The van der Waals surface area contributed by atoms with Gasteiger partial charge in [0.2, 0.25) is 0 Å². The summed E-state index contributed by atoms with van der Waals surface area (Å²) in [4.78, 5) is 2.41. The molecule has 6 heteroatoms. The van der Waals surface area contributed by atoms with E-state index in [4.69, 9.17) is 15.2 Å². The largest absolute Gasteiger partial charge is 0.489 e. The van der Waals surface area contributed by atoms with E-state index in [-0.39, 0.29) is 6.10 Å². The average Bonchev–Trinajstić information content (AvgIpc) is 3.05. The number of nitrogen functional groups attached to an aromatic ring is 1. The van der Waals surface area contributed by atoms with Gasteiger partial charge in [-0.1, -0.05) is 0 Å². The average molecular weight is 344 g/mol. The van der Waals surface area contributed by atoms with Gasteiger partial charge in [-0.15, -0.1) is 0 Å². The normalized spacial score (nSPS) is 15.7. The van der Waals surface area contributed by atoms with Crippen LogP contribution in [0, 0.1) is 6.92 Å². The van der Waals surface area contributed by atoms with Gasteiger partial charge in [0.1, 0.15) is 5.75 Å². The number of anilines is 1. The molecule has 1 aliphatic rings. The van der Waals surface area contributed by atoms with Crippen LogP contribution < -0.4 is 10.5 Å². The molecule has 6 nitrogen and oxygen atoms in total. The molecule has 2 N–H and O–H groups in total. The van der Waals surface area contributed by atoms with Gasteiger partial charge in [-0.25, -0.2) is 0 Å². The second-order valence-electron chi connectivity index (χ2n) is 6.82. The highest BCUT2D eigenvalue weighted by atomic mass is 16.5. The topological polar surface area (TPSA) is 65.5 Å². The predicted octanol–water partition coefficient (Wildman–Crippen LogP) is 2.56. The van der Waals surface area contributed by atoms with Crippen LogP contribution in [0.2, 0.25) is 0 Å². The molecule has 1 aromatic heterocycles. The summed E-state index contributed by atoms with van der Waals surface area (Å²) in [6, 6.07) is 3.99. The van der Waals surface area contributed by atoms with E-state index in [2.05, 4.69) is 23.1 Å². The van der Waals surface area contributed by atoms with Crippen molar-refractivity contribution in [3.63, 3.8) is 0 Å². The van der Waals surface area contributed by atoms with Crippen molar-refractivity contribution < 1.29 is 9.47 Å². The maximum absolute atomic E-state index is 6.17. The highest BCUT2D eigenvalue weighted by Gasteiger charge is 2.13. The van der Waals surface area contributed by atoms with Gasteiger partial charge in [0, 0.05) is 31.4 Å². The lowest BCUT2D eigenvalue weighted by atomic mass is 10.0.